The second-order valence-electron chi connectivity index (χ2n) is 6.06. The van der Waals surface area contributed by atoms with Crippen molar-refractivity contribution in [2.24, 2.45) is 0 Å². The molecule has 122 valence electrons. The molecule has 0 spiro atoms. The van der Waals surface area contributed by atoms with Crippen LogP contribution in [0.4, 0.5) is 11.8 Å². The van der Waals surface area contributed by atoms with Crippen LogP contribution in [0, 0.1) is 0 Å². The Hall–Kier alpha value is -1.85. The van der Waals surface area contributed by atoms with Gasteiger partial charge in [-0.15, -0.1) is 0 Å². The van der Waals surface area contributed by atoms with Gasteiger partial charge in [-0.25, -0.2) is 4.98 Å². The fourth-order valence-corrected chi connectivity index (χ4v) is 3.04. The lowest BCUT2D eigenvalue weighted by Gasteiger charge is -2.27. The summed E-state index contributed by atoms with van der Waals surface area (Å²) in [5, 5.41) is 13.8. The van der Waals surface area contributed by atoms with Crippen LogP contribution >= 0.6 is 11.6 Å². The number of halogens is 1. The first kappa shape index (κ1) is 16.0. The summed E-state index contributed by atoms with van der Waals surface area (Å²) in [6.45, 7) is 0. The first-order valence-corrected chi connectivity index (χ1v) is 8.28. The van der Waals surface area contributed by atoms with E-state index in [2.05, 4.69) is 15.3 Å². The number of aliphatic hydroxyl groups is 1. The topological polar surface area (TPSA) is 84.1 Å². The predicted molar refractivity (Wildman–Crippen MR) is 92.6 cm³/mol. The Morgan fingerprint density at radius 2 is 1.87 bits per heavy atom. The van der Waals surface area contributed by atoms with Crippen molar-refractivity contribution in [1.82, 2.24) is 9.97 Å². The van der Waals surface area contributed by atoms with Gasteiger partial charge in [0.2, 0.25) is 5.95 Å². The molecule has 2 aromatic rings. The average molecular weight is 333 g/mol. The number of aliphatic hydroxyl groups excluding tert-OH is 1. The summed E-state index contributed by atoms with van der Waals surface area (Å²) in [7, 11) is 0. The van der Waals surface area contributed by atoms with E-state index in [1.54, 1.807) is 6.20 Å². The minimum Gasteiger partial charge on any atom is -0.393 e. The number of anilines is 2. The Bertz CT molecular complexity index is 654. The van der Waals surface area contributed by atoms with Crippen molar-refractivity contribution in [1.29, 1.82) is 0 Å². The molecular weight excluding hydrogens is 312 g/mol. The molecule has 1 saturated carbocycles. The third kappa shape index (κ3) is 4.33. The number of nitrogens with two attached hydrogens (primary N) is 1. The number of hydrogen-bond acceptors (Lipinski definition) is 5. The summed E-state index contributed by atoms with van der Waals surface area (Å²) in [5.74, 6) is 1.05. The number of aromatic nitrogens is 2. The quantitative estimate of drug-likeness (QED) is 0.801. The van der Waals surface area contributed by atoms with Gasteiger partial charge in [-0.05, 0) is 43.4 Å². The van der Waals surface area contributed by atoms with Crippen molar-refractivity contribution in [2.75, 3.05) is 11.1 Å². The van der Waals surface area contributed by atoms with Crippen LogP contribution in [0.2, 0.25) is 5.02 Å². The van der Waals surface area contributed by atoms with Gasteiger partial charge >= 0.3 is 0 Å². The Kier molecular flexibility index (Phi) is 4.98. The zero-order valence-electron chi connectivity index (χ0n) is 12.9. The summed E-state index contributed by atoms with van der Waals surface area (Å²) in [4.78, 5) is 8.49. The number of nitrogens with one attached hydrogen (secondary N) is 1. The minimum absolute atomic E-state index is 0.169. The van der Waals surface area contributed by atoms with Crippen LogP contribution in [0.5, 0.6) is 0 Å². The lowest BCUT2D eigenvalue weighted by Crippen LogP contribution is -2.29. The van der Waals surface area contributed by atoms with Gasteiger partial charge in [0.1, 0.15) is 5.82 Å². The zero-order chi connectivity index (χ0) is 16.2. The first-order valence-electron chi connectivity index (χ1n) is 7.90. The van der Waals surface area contributed by atoms with E-state index in [1.165, 1.54) is 0 Å². The fourth-order valence-electron chi connectivity index (χ4n) is 2.91. The number of hydrogen-bond donors (Lipinski definition) is 3. The maximum atomic E-state index is 9.62. The summed E-state index contributed by atoms with van der Waals surface area (Å²) < 4.78 is 0. The van der Waals surface area contributed by atoms with E-state index in [4.69, 9.17) is 17.3 Å². The molecule has 4 N–H and O–H groups in total. The molecule has 0 bridgehead atoms. The molecule has 1 aliphatic rings. The van der Waals surface area contributed by atoms with Gasteiger partial charge in [0.05, 0.1) is 6.10 Å². The van der Waals surface area contributed by atoms with Gasteiger partial charge < -0.3 is 16.2 Å². The average Bonchev–Trinajstić information content (AvgIpc) is 2.54. The zero-order valence-corrected chi connectivity index (χ0v) is 13.6. The Labute approximate surface area is 140 Å². The molecule has 0 amide bonds. The van der Waals surface area contributed by atoms with Gasteiger partial charge in [-0.1, -0.05) is 23.7 Å². The van der Waals surface area contributed by atoms with Crippen molar-refractivity contribution in [3.63, 3.8) is 0 Å². The maximum absolute atomic E-state index is 9.62. The van der Waals surface area contributed by atoms with Gasteiger partial charge in [0.15, 0.2) is 0 Å². The highest BCUT2D eigenvalue weighted by molar-refractivity contribution is 6.30. The molecule has 6 heteroatoms. The molecule has 5 nitrogen and oxygen atoms in total. The van der Waals surface area contributed by atoms with Crippen molar-refractivity contribution >= 4 is 23.4 Å². The van der Waals surface area contributed by atoms with Crippen LogP contribution in [0.3, 0.4) is 0 Å². The summed E-state index contributed by atoms with van der Waals surface area (Å²) >= 11 is 5.93. The molecule has 1 fully saturated rings. The maximum Gasteiger partial charge on any atom is 0.221 e. The SMILES string of the molecule is Nc1ncc(Cc2ccc(Cl)cc2)c(NC2CCC(O)CC2)n1. The minimum atomic E-state index is -0.169. The molecule has 1 aliphatic carbocycles. The molecule has 23 heavy (non-hydrogen) atoms. The number of nitrogens with zero attached hydrogens (tertiary/aromatic N) is 2. The fraction of sp³-hybridized carbons (Fsp3) is 0.412. The van der Waals surface area contributed by atoms with Crippen LogP contribution < -0.4 is 11.1 Å². The summed E-state index contributed by atoms with van der Waals surface area (Å²) in [5.41, 5.74) is 7.90. The molecule has 1 aromatic heterocycles. The van der Waals surface area contributed by atoms with Crippen molar-refractivity contribution < 1.29 is 5.11 Å². The second-order valence-corrected chi connectivity index (χ2v) is 6.49. The van der Waals surface area contributed by atoms with Crippen LogP contribution in [0.25, 0.3) is 0 Å². The largest absolute Gasteiger partial charge is 0.393 e. The van der Waals surface area contributed by atoms with Crippen molar-refractivity contribution in [2.45, 2.75) is 44.2 Å². The van der Waals surface area contributed by atoms with E-state index in [9.17, 15) is 5.11 Å². The third-order valence-electron chi connectivity index (χ3n) is 4.23. The van der Waals surface area contributed by atoms with Crippen molar-refractivity contribution in [3.05, 3.63) is 46.6 Å². The molecule has 0 unspecified atom stereocenters. The van der Waals surface area contributed by atoms with Crippen LogP contribution in [-0.4, -0.2) is 27.2 Å². The van der Waals surface area contributed by atoms with E-state index >= 15 is 0 Å². The number of nitrogen functional groups attached to an aromatic ring is 1. The Balaban J connectivity index is 1.76. The first-order chi connectivity index (χ1) is 11.1. The Morgan fingerprint density at radius 1 is 1.17 bits per heavy atom. The van der Waals surface area contributed by atoms with Crippen LogP contribution in [0.15, 0.2) is 30.5 Å². The monoisotopic (exact) mass is 332 g/mol. The van der Waals surface area contributed by atoms with Gasteiger partial charge in [0.25, 0.3) is 0 Å². The molecule has 1 heterocycles. The number of benzene rings is 1. The molecule has 3 rings (SSSR count). The molecule has 0 radical (unpaired) electrons. The van der Waals surface area contributed by atoms with E-state index < -0.39 is 0 Å². The molecule has 0 saturated heterocycles. The molecular formula is C17H21ClN4O. The highest BCUT2D eigenvalue weighted by Gasteiger charge is 2.20. The summed E-state index contributed by atoms with van der Waals surface area (Å²) in [6.07, 6.45) is 5.84. The van der Waals surface area contributed by atoms with Crippen molar-refractivity contribution in [3.8, 4) is 0 Å². The van der Waals surface area contributed by atoms with Crippen LogP contribution in [-0.2, 0) is 6.42 Å². The standard InChI is InChI=1S/C17H21ClN4O/c18-13-3-1-11(2-4-13)9-12-10-20-17(19)22-16(12)21-14-5-7-15(23)8-6-14/h1-4,10,14-15,23H,5-9H2,(H3,19,20,21,22). The second kappa shape index (κ2) is 7.15. The van der Waals surface area contributed by atoms with Crippen LogP contribution in [0.1, 0.15) is 36.8 Å². The highest BCUT2D eigenvalue weighted by atomic mass is 35.5. The normalized spacial score (nSPS) is 21.1. The van der Waals surface area contributed by atoms with E-state index in [-0.39, 0.29) is 12.1 Å². The van der Waals surface area contributed by atoms with Gasteiger partial charge in [0, 0.05) is 29.2 Å². The lowest BCUT2D eigenvalue weighted by atomic mass is 9.93. The van der Waals surface area contributed by atoms with E-state index in [0.29, 0.717) is 6.04 Å². The third-order valence-corrected chi connectivity index (χ3v) is 4.48. The molecule has 0 atom stereocenters. The number of rotatable bonds is 4. The smallest absolute Gasteiger partial charge is 0.221 e. The highest BCUT2D eigenvalue weighted by Crippen LogP contribution is 2.24. The molecule has 1 aromatic carbocycles. The molecule has 0 aliphatic heterocycles. The van der Waals surface area contributed by atoms with E-state index in [0.717, 1.165) is 54.1 Å². The van der Waals surface area contributed by atoms with Gasteiger partial charge in [-0.3, -0.25) is 0 Å². The Morgan fingerprint density at radius 3 is 2.57 bits per heavy atom. The summed E-state index contributed by atoms with van der Waals surface area (Å²) in [6, 6.07) is 8.07. The van der Waals surface area contributed by atoms with Gasteiger partial charge in [-0.2, -0.15) is 4.98 Å². The predicted octanol–water partition coefficient (Wildman–Crippen LogP) is 3.02. The van der Waals surface area contributed by atoms with E-state index in [1.807, 2.05) is 24.3 Å². The lowest BCUT2D eigenvalue weighted by molar-refractivity contribution is 0.126.